The minimum atomic E-state index is -3.97. The number of carboxylic acid groups (broad SMARTS) is 1. The molecule has 0 bridgehead atoms. The number of sulfonamides is 1. The van der Waals surface area contributed by atoms with Crippen LogP contribution in [0.1, 0.15) is 17.9 Å². The molecule has 4 rings (SSSR count). The lowest BCUT2D eigenvalue weighted by Gasteiger charge is -2.24. The zero-order valence-electron chi connectivity index (χ0n) is 15.4. The topological polar surface area (TPSA) is 74.7 Å². The number of thiophene rings is 1. The van der Waals surface area contributed by atoms with E-state index in [1.807, 2.05) is 42.5 Å². The van der Waals surface area contributed by atoms with Crippen molar-refractivity contribution in [2.75, 3.05) is 7.05 Å². The molecule has 2 atom stereocenters. The fourth-order valence-electron chi connectivity index (χ4n) is 3.63. The van der Waals surface area contributed by atoms with Gasteiger partial charge in [0, 0.05) is 22.9 Å². The zero-order valence-corrected chi connectivity index (χ0v) is 17.8. The predicted octanol–water partition coefficient (Wildman–Crippen LogP) is 4.70. The third-order valence-electron chi connectivity index (χ3n) is 5.39. The summed E-state index contributed by atoms with van der Waals surface area (Å²) in [4.78, 5) is 12.9. The van der Waals surface area contributed by atoms with Crippen LogP contribution < -0.4 is 0 Å². The maximum Gasteiger partial charge on any atom is 0.325 e. The number of carbonyl (C=O) groups is 1. The van der Waals surface area contributed by atoms with Gasteiger partial charge in [-0.1, -0.05) is 54.1 Å². The van der Waals surface area contributed by atoms with Gasteiger partial charge in [-0.05, 0) is 41.8 Å². The van der Waals surface area contributed by atoms with Crippen LogP contribution in [0.5, 0.6) is 0 Å². The number of likely N-dealkylation sites (N-methyl/N-ethyl adjacent to an activating group) is 1. The molecule has 1 heterocycles. The van der Waals surface area contributed by atoms with E-state index in [0.29, 0.717) is 5.02 Å². The predicted molar refractivity (Wildman–Crippen MR) is 114 cm³/mol. The summed E-state index contributed by atoms with van der Waals surface area (Å²) in [6.07, 6.45) is 0.248. The number of halogens is 1. The Balaban J connectivity index is 1.66. The molecule has 5 nitrogen and oxygen atoms in total. The summed E-state index contributed by atoms with van der Waals surface area (Å²) in [6.45, 7) is 0. The molecule has 1 N–H and O–H groups in total. The highest BCUT2D eigenvalue weighted by molar-refractivity contribution is 7.91. The average molecular weight is 448 g/mol. The molecule has 0 spiro atoms. The largest absolute Gasteiger partial charge is 0.480 e. The van der Waals surface area contributed by atoms with Crippen LogP contribution in [0, 0.1) is 0 Å². The molecule has 2 aromatic carbocycles. The van der Waals surface area contributed by atoms with Crippen molar-refractivity contribution in [2.24, 2.45) is 0 Å². The first-order valence-corrected chi connectivity index (χ1v) is 11.5. The maximum atomic E-state index is 13.3. The van der Waals surface area contributed by atoms with E-state index in [1.54, 1.807) is 18.2 Å². The molecular weight excluding hydrogens is 430 g/mol. The maximum absolute atomic E-state index is 13.3. The van der Waals surface area contributed by atoms with Crippen molar-refractivity contribution in [3.05, 3.63) is 77.3 Å². The smallest absolute Gasteiger partial charge is 0.325 e. The van der Waals surface area contributed by atoms with Crippen LogP contribution >= 0.6 is 22.9 Å². The molecular formula is C21H18ClNO4S2. The van der Waals surface area contributed by atoms with Gasteiger partial charge in [0.1, 0.15) is 9.75 Å². The number of hydrogen-bond donors (Lipinski definition) is 1. The molecule has 3 aromatic rings. The van der Waals surface area contributed by atoms with Crippen LogP contribution in [0.2, 0.25) is 5.02 Å². The van der Waals surface area contributed by atoms with Crippen molar-refractivity contribution in [3.63, 3.8) is 0 Å². The summed E-state index contributed by atoms with van der Waals surface area (Å²) in [5.41, 5.74) is 0.208. The van der Waals surface area contributed by atoms with Gasteiger partial charge < -0.3 is 5.11 Å². The van der Waals surface area contributed by atoms with Crippen LogP contribution in [0.25, 0.3) is 10.4 Å². The minimum absolute atomic E-state index is 0.115. The lowest BCUT2D eigenvalue weighted by Crippen LogP contribution is -2.45. The molecule has 1 saturated carbocycles. The summed E-state index contributed by atoms with van der Waals surface area (Å²) < 4.78 is 27.6. The fourth-order valence-corrected chi connectivity index (χ4v) is 6.74. The Morgan fingerprint density at radius 2 is 1.76 bits per heavy atom. The highest BCUT2D eigenvalue weighted by Gasteiger charge is 2.66. The van der Waals surface area contributed by atoms with E-state index in [-0.39, 0.29) is 16.5 Å². The van der Waals surface area contributed by atoms with E-state index >= 15 is 0 Å². The molecule has 0 amide bonds. The zero-order chi connectivity index (χ0) is 20.8. The molecule has 1 fully saturated rings. The van der Waals surface area contributed by atoms with Crippen LogP contribution in [-0.4, -0.2) is 36.4 Å². The summed E-state index contributed by atoms with van der Waals surface area (Å²) in [5.74, 6) is -1.51. The second kappa shape index (κ2) is 7.25. The van der Waals surface area contributed by atoms with Gasteiger partial charge in [0.05, 0.1) is 0 Å². The van der Waals surface area contributed by atoms with Crippen molar-refractivity contribution in [1.29, 1.82) is 0 Å². The standard InChI is InChI=1S/C21H18ClNO4S2/c1-23(21(20(24)25)13-17(21)14-5-3-2-4-6-14)29(26,27)19-12-11-18(28-19)15-7-9-16(22)10-8-15/h2-12,17H,13H2,1H3,(H,24,25)/t17-,21+/m1/s1. The molecule has 1 aliphatic carbocycles. The van der Waals surface area contributed by atoms with E-state index in [0.717, 1.165) is 31.6 Å². The molecule has 8 heteroatoms. The molecule has 29 heavy (non-hydrogen) atoms. The number of rotatable bonds is 6. The Labute approximate surface area is 178 Å². The SMILES string of the molecule is CN([C@@]1(C(=O)O)C[C@@H]1c1ccccc1)S(=O)(=O)c1ccc(-c2ccc(Cl)cc2)s1. The highest BCUT2D eigenvalue weighted by atomic mass is 35.5. The second-order valence-electron chi connectivity index (χ2n) is 6.99. The Morgan fingerprint density at radius 3 is 2.38 bits per heavy atom. The first kappa shape index (κ1) is 20.1. The Morgan fingerprint density at radius 1 is 1.10 bits per heavy atom. The number of hydrogen-bond acceptors (Lipinski definition) is 4. The molecule has 0 unspecified atom stereocenters. The van der Waals surface area contributed by atoms with E-state index < -0.39 is 21.5 Å². The Kier molecular flexibility index (Phi) is 5.02. The average Bonchev–Trinajstić information content (AvgIpc) is 3.28. The van der Waals surface area contributed by atoms with E-state index in [9.17, 15) is 18.3 Å². The highest BCUT2D eigenvalue weighted by Crippen LogP contribution is 2.56. The van der Waals surface area contributed by atoms with Gasteiger partial charge in [0.2, 0.25) is 0 Å². The van der Waals surface area contributed by atoms with Crippen molar-refractivity contribution in [2.45, 2.75) is 22.1 Å². The molecule has 1 aliphatic rings. The monoisotopic (exact) mass is 447 g/mol. The first-order valence-electron chi connectivity index (χ1n) is 8.90. The van der Waals surface area contributed by atoms with Gasteiger partial charge in [0.15, 0.2) is 0 Å². The van der Waals surface area contributed by atoms with Crippen molar-refractivity contribution < 1.29 is 18.3 Å². The van der Waals surface area contributed by atoms with Crippen molar-refractivity contribution >= 4 is 38.9 Å². The van der Waals surface area contributed by atoms with Crippen LogP contribution in [0.4, 0.5) is 0 Å². The Bertz CT molecular complexity index is 1160. The normalized spacial score (nSPS) is 21.3. The van der Waals surface area contributed by atoms with Gasteiger partial charge in [0.25, 0.3) is 10.0 Å². The third-order valence-corrected chi connectivity index (χ3v) is 9.14. The molecule has 0 saturated heterocycles. The van der Waals surface area contributed by atoms with Gasteiger partial charge in [-0.25, -0.2) is 8.42 Å². The Hall–Kier alpha value is -2.19. The lowest BCUT2D eigenvalue weighted by atomic mass is 10.1. The van der Waals surface area contributed by atoms with E-state index in [4.69, 9.17) is 11.6 Å². The third kappa shape index (κ3) is 3.38. The quantitative estimate of drug-likeness (QED) is 0.594. The van der Waals surface area contributed by atoms with Crippen molar-refractivity contribution in [1.82, 2.24) is 4.31 Å². The van der Waals surface area contributed by atoms with Crippen molar-refractivity contribution in [3.8, 4) is 10.4 Å². The second-order valence-corrected chi connectivity index (χ2v) is 10.7. The van der Waals surface area contributed by atoms with Gasteiger partial charge in [-0.3, -0.25) is 4.79 Å². The fraction of sp³-hybridized carbons (Fsp3) is 0.190. The summed E-state index contributed by atoms with van der Waals surface area (Å²) in [7, 11) is -2.62. The van der Waals surface area contributed by atoms with Crippen LogP contribution in [0.15, 0.2) is 70.9 Å². The lowest BCUT2D eigenvalue weighted by molar-refractivity contribution is -0.142. The van der Waals surface area contributed by atoms with E-state index in [2.05, 4.69) is 0 Å². The summed E-state index contributed by atoms with van der Waals surface area (Å²) >= 11 is 7.03. The number of nitrogens with zero attached hydrogens (tertiary/aromatic N) is 1. The number of carboxylic acids is 1. The summed E-state index contributed by atoms with van der Waals surface area (Å²) in [6, 6.07) is 19.5. The van der Waals surface area contributed by atoms with Crippen LogP contribution in [0.3, 0.4) is 0 Å². The number of benzene rings is 2. The van der Waals surface area contributed by atoms with Crippen LogP contribution in [-0.2, 0) is 14.8 Å². The van der Waals surface area contributed by atoms with Gasteiger partial charge in [-0.15, -0.1) is 11.3 Å². The minimum Gasteiger partial charge on any atom is -0.480 e. The van der Waals surface area contributed by atoms with Gasteiger partial charge >= 0.3 is 5.97 Å². The van der Waals surface area contributed by atoms with Gasteiger partial charge in [-0.2, -0.15) is 4.31 Å². The molecule has 0 radical (unpaired) electrons. The molecule has 150 valence electrons. The van der Waals surface area contributed by atoms with E-state index in [1.165, 1.54) is 13.1 Å². The summed E-state index contributed by atoms with van der Waals surface area (Å²) in [5, 5.41) is 10.5. The molecule has 0 aliphatic heterocycles. The molecule has 1 aromatic heterocycles. The first-order chi connectivity index (χ1) is 13.8. The number of aliphatic carboxylic acids is 1.